The lowest BCUT2D eigenvalue weighted by atomic mass is 9.69. The minimum atomic E-state index is -0.597. The molecule has 29 heavy (non-hydrogen) atoms. The summed E-state index contributed by atoms with van der Waals surface area (Å²) in [6.45, 7) is 4.15. The third-order valence-corrected chi connectivity index (χ3v) is 5.50. The maximum Gasteiger partial charge on any atom is 0.164 e. The van der Waals surface area contributed by atoms with Crippen molar-refractivity contribution >= 4 is 5.78 Å². The van der Waals surface area contributed by atoms with Gasteiger partial charge in [0.05, 0.1) is 31.8 Å². The minimum Gasteiger partial charge on any atom is -0.493 e. The highest BCUT2D eigenvalue weighted by Gasteiger charge is 2.45. The molecule has 1 aliphatic heterocycles. The van der Waals surface area contributed by atoms with Crippen molar-refractivity contribution in [1.82, 2.24) is 10.0 Å². The number of hydrogen-bond donors (Lipinski definition) is 1. The molecular weight excluding hydrogens is 368 g/mol. The van der Waals surface area contributed by atoms with E-state index in [0.717, 1.165) is 5.70 Å². The van der Waals surface area contributed by atoms with Crippen molar-refractivity contribution in [2.24, 2.45) is 11.1 Å². The van der Waals surface area contributed by atoms with Gasteiger partial charge in [-0.25, -0.2) is 5.01 Å². The van der Waals surface area contributed by atoms with Crippen LogP contribution < -0.4 is 15.2 Å². The van der Waals surface area contributed by atoms with E-state index >= 15 is 0 Å². The largest absolute Gasteiger partial charge is 0.493 e. The second-order valence-corrected chi connectivity index (χ2v) is 8.39. The Balaban J connectivity index is 2.35. The van der Waals surface area contributed by atoms with Crippen LogP contribution in [0.3, 0.4) is 0 Å². The summed E-state index contributed by atoms with van der Waals surface area (Å²) < 4.78 is 11.1. The number of ether oxygens (including phenoxy) is 2. The van der Waals surface area contributed by atoms with E-state index in [1.807, 2.05) is 31.2 Å². The SMILES string of the molecule is COc1cccc(C2C(C#N)=C(N)N(N(C)C)C3=C2C(=O)CC(C)(C)C3)c1OC. The first-order chi connectivity index (χ1) is 13.7. The van der Waals surface area contributed by atoms with Crippen LogP contribution in [0.25, 0.3) is 0 Å². The summed E-state index contributed by atoms with van der Waals surface area (Å²) in [4.78, 5) is 13.4. The summed E-state index contributed by atoms with van der Waals surface area (Å²) in [6.07, 6.45) is 1.09. The molecule has 1 aromatic carbocycles. The van der Waals surface area contributed by atoms with Crippen LogP contribution in [0.15, 0.2) is 40.9 Å². The van der Waals surface area contributed by atoms with E-state index in [2.05, 4.69) is 19.9 Å². The molecular formula is C22H28N4O3. The standard InChI is InChI=1S/C22H28N4O3/c1-22(2)10-15-19(16(27)11-22)18(14(12-23)21(24)26(15)25(3)4)13-8-7-9-17(28-5)20(13)29-6/h7-9,18H,10-11,24H2,1-6H3. The third kappa shape index (κ3) is 3.34. The van der Waals surface area contributed by atoms with Crippen LogP contribution in [-0.2, 0) is 4.79 Å². The molecule has 0 bridgehead atoms. The van der Waals surface area contributed by atoms with Gasteiger partial charge in [0.25, 0.3) is 0 Å². The average Bonchev–Trinajstić information content (AvgIpc) is 2.64. The lowest BCUT2D eigenvalue weighted by Crippen LogP contribution is -2.47. The first-order valence-corrected chi connectivity index (χ1v) is 9.51. The third-order valence-electron chi connectivity index (χ3n) is 5.50. The van der Waals surface area contributed by atoms with Gasteiger partial charge >= 0.3 is 0 Å². The maximum atomic E-state index is 13.4. The summed E-state index contributed by atoms with van der Waals surface area (Å²) >= 11 is 0. The molecule has 0 radical (unpaired) electrons. The molecule has 0 saturated heterocycles. The van der Waals surface area contributed by atoms with Crippen LogP contribution in [0.1, 0.15) is 38.2 Å². The molecule has 0 saturated carbocycles. The Morgan fingerprint density at radius 3 is 2.48 bits per heavy atom. The van der Waals surface area contributed by atoms with Crippen molar-refractivity contribution in [2.45, 2.75) is 32.6 Å². The van der Waals surface area contributed by atoms with E-state index in [0.29, 0.717) is 46.9 Å². The zero-order valence-electron chi connectivity index (χ0n) is 17.9. The van der Waals surface area contributed by atoms with E-state index in [9.17, 15) is 10.1 Å². The predicted molar refractivity (Wildman–Crippen MR) is 110 cm³/mol. The lowest BCUT2D eigenvalue weighted by molar-refractivity contribution is -0.119. The van der Waals surface area contributed by atoms with Gasteiger partial charge in [-0.2, -0.15) is 5.26 Å². The summed E-state index contributed by atoms with van der Waals surface area (Å²) in [5.41, 5.74) is 8.77. The quantitative estimate of drug-likeness (QED) is 0.836. The molecule has 1 heterocycles. The fraction of sp³-hybridized carbons (Fsp3) is 0.455. The van der Waals surface area contributed by atoms with Gasteiger partial charge in [0, 0.05) is 37.3 Å². The van der Waals surface area contributed by atoms with Crippen molar-refractivity contribution in [3.05, 3.63) is 46.4 Å². The highest BCUT2D eigenvalue weighted by molar-refractivity contribution is 6.00. The first kappa shape index (κ1) is 20.7. The average molecular weight is 396 g/mol. The van der Waals surface area contributed by atoms with Crippen LogP contribution in [0, 0.1) is 16.7 Å². The summed E-state index contributed by atoms with van der Waals surface area (Å²) in [7, 11) is 6.82. The molecule has 1 unspecified atom stereocenters. The normalized spacial score (nSPS) is 21.2. The zero-order chi connectivity index (χ0) is 21.5. The molecule has 2 aliphatic rings. The lowest BCUT2D eigenvalue weighted by Gasteiger charge is -2.45. The van der Waals surface area contributed by atoms with Gasteiger partial charge in [0.1, 0.15) is 5.82 Å². The number of para-hydroxylation sites is 1. The fourth-order valence-corrected chi connectivity index (χ4v) is 4.40. The number of nitrogens with zero attached hydrogens (tertiary/aromatic N) is 3. The van der Waals surface area contributed by atoms with Gasteiger partial charge in [-0.05, 0) is 17.9 Å². The Morgan fingerprint density at radius 1 is 1.24 bits per heavy atom. The Morgan fingerprint density at radius 2 is 1.93 bits per heavy atom. The Hall–Kier alpha value is -2.98. The minimum absolute atomic E-state index is 0.0261. The van der Waals surface area contributed by atoms with Gasteiger partial charge in [-0.15, -0.1) is 0 Å². The van der Waals surface area contributed by atoms with E-state index in [4.69, 9.17) is 15.2 Å². The Kier molecular flexibility index (Phi) is 5.33. The van der Waals surface area contributed by atoms with Crippen LogP contribution in [0.5, 0.6) is 11.5 Å². The number of hydrogen-bond acceptors (Lipinski definition) is 7. The number of allylic oxidation sites excluding steroid dienone is 3. The molecule has 1 aromatic rings. The topological polar surface area (TPSA) is 91.8 Å². The van der Waals surface area contributed by atoms with Crippen molar-refractivity contribution in [3.8, 4) is 17.6 Å². The zero-order valence-corrected chi connectivity index (χ0v) is 17.9. The van der Waals surface area contributed by atoms with E-state index in [1.54, 1.807) is 25.3 Å². The smallest absolute Gasteiger partial charge is 0.164 e. The first-order valence-electron chi connectivity index (χ1n) is 9.51. The fourth-order valence-electron chi connectivity index (χ4n) is 4.40. The molecule has 3 rings (SSSR count). The maximum absolute atomic E-state index is 13.4. The summed E-state index contributed by atoms with van der Waals surface area (Å²) in [5, 5.41) is 13.6. The van der Waals surface area contributed by atoms with Crippen LogP contribution in [0.4, 0.5) is 0 Å². The second kappa shape index (κ2) is 7.45. The number of nitrogens with two attached hydrogens (primary N) is 1. The molecule has 1 atom stereocenters. The van der Waals surface area contributed by atoms with E-state index in [1.165, 1.54) is 0 Å². The van der Waals surface area contributed by atoms with Crippen molar-refractivity contribution in [3.63, 3.8) is 0 Å². The number of ketones is 1. The highest BCUT2D eigenvalue weighted by Crippen LogP contribution is 2.51. The van der Waals surface area contributed by atoms with Gasteiger partial charge < -0.3 is 15.2 Å². The number of nitriles is 1. The van der Waals surface area contributed by atoms with Gasteiger partial charge in [-0.3, -0.25) is 9.80 Å². The number of rotatable bonds is 4. The molecule has 1 aliphatic carbocycles. The van der Waals surface area contributed by atoms with Crippen molar-refractivity contribution < 1.29 is 14.3 Å². The molecule has 0 spiro atoms. The van der Waals surface area contributed by atoms with Gasteiger partial charge in [0.2, 0.25) is 0 Å². The molecule has 0 amide bonds. The molecule has 2 N–H and O–H groups in total. The van der Waals surface area contributed by atoms with Gasteiger partial charge in [0.15, 0.2) is 17.3 Å². The van der Waals surface area contributed by atoms with Crippen LogP contribution >= 0.6 is 0 Å². The number of hydrazine groups is 1. The number of carbonyl (C=O) groups is 1. The predicted octanol–water partition coefficient (Wildman–Crippen LogP) is 2.92. The molecule has 0 aromatic heterocycles. The summed E-state index contributed by atoms with van der Waals surface area (Å²) in [5.74, 6) is 0.805. The highest BCUT2D eigenvalue weighted by atomic mass is 16.5. The van der Waals surface area contributed by atoms with Crippen LogP contribution in [0.2, 0.25) is 0 Å². The molecule has 154 valence electrons. The number of methoxy groups -OCH3 is 2. The van der Waals surface area contributed by atoms with Crippen molar-refractivity contribution in [1.29, 1.82) is 5.26 Å². The molecule has 7 nitrogen and oxygen atoms in total. The monoisotopic (exact) mass is 396 g/mol. The summed E-state index contributed by atoms with van der Waals surface area (Å²) in [6, 6.07) is 7.73. The second-order valence-electron chi connectivity index (χ2n) is 8.39. The van der Waals surface area contributed by atoms with Gasteiger partial charge in [-0.1, -0.05) is 26.0 Å². The molecule has 7 heteroatoms. The number of Topliss-reactive ketones (excluding diaryl/α,β-unsaturated/α-hetero) is 1. The van der Waals surface area contributed by atoms with Crippen LogP contribution in [-0.4, -0.2) is 44.1 Å². The van der Waals surface area contributed by atoms with E-state index in [-0.39, 0.29) is 11.2 Å². The number of benzene rings is 1. The Bertz CT molecular complexity index is 953. The number of carbonyl (C=O) groups excluding carboxylic acids is 1. The molecule has 0 fully saturated rings. The van der Waals surface area contributed by atoms with E-state index < -0.39 is 5.92 Å². The van der Waals surface area contributed by atoms with Crippen molar-refractivity contribution in [2.75, 3.05) is 28.3 Å². The Labute approximate surface area is 171 Å².